The SMILES string of the molecule is CCCN=C(NN)NN1CCN(C)CC1. The van der Waals surface area contributed by atoms with Crippen molar-refractivity contribution in [1.29, 1.82) is 0 Å². The molecule has 0 spiro atoms. The maximum atomic E-state index is 5.38. The molecule has 0 saturated carbocycles. The minimum absolute atomic E-state index is 0.654. The van der Waals surface area contributed by atoms with Gasteiger partial charge in [0.1, 0.15) is 0 Å². The van der Waals surface area contributed by atoms with Gasteiger partial charge in [0.2, 0.25) is 5.96 Å². The molecule has 15 heavy (non-hydrogen) atoms. The fourth-order valence-electron chi connectivity index (χ4n) is 1.40. The van der Waals surface area contributed by atoms with Crippen LogP contribution < -0.4 is 16.7 Å². The Morgan fingerprint density at radius 2 is 2.00 bits per heavy atom. The van der Waals surface area contributed by atoms with Crippen LogP contribution in [0, 0.1) is 0 Å². The Morgan fingerprint density at radius 1 is 1.33 bits per heavy atom. The normalized spacial score (nSPS) is 20.3. The molecule has 1 rings (SSSR count). The molecule has 0 radical (unpaired) electrons. The Morgan fingerprint density at radius 3 is 2.53 bits per heavy atom. The predicted octanol–water partition coefficient (Wildman–Crippen LogP) is -1.03. The highest BCUT2D eigenvalue weighted by molar-refractivity contribution is 5.78. The predicted molar refractivity (Wildman–Crippen MR) is 62.1 cm³/mol. The largest absolute Gasteiger partial charge is 0.304 e. The average molecular weight is 214 g/mol. The van der Waals surface area contributed by atoms with Gasteiger partial charge in [0.15, 0.2) is 0 Å². The standard InChI is InChI=1S/C9H22N6/c1-3-4-11-9(12-10)13-15-7-5-14(2)6-8-15/h3-8,10H2,1-2H3,(H2,11,12,13). The first-order valence-corrected chi connectivity index (χ1v) is 5.47. The van der Waals surface area contributed by atoms with Crippen molar-refractivity contribution in [3.8, 4) is 0 Å². The number of nitrogens with zero attached hydrogens (tertiary/aromatic N) is 3. The number of piperazine rings is 1. The van der Waals surface area contributed by atoms with Crippen molar-refractivity contribution in [1.82, 2.24) is 20.8 Å². The van der Waals surface area contributed by atoms with E-state index < -0.39 is 0 Å². The van der Waals surface area contributed by atoms with Crippen molar-refractivity contribution in [2.24, 2.45) is 10.8 Å². The lowest BCUT2D eigenvalue weighted by Gasteiger charge is -2.33. The Hall–Kier alpha value is -0.850. The minimum atomic E-state index is 0.654. The summed E-state index contributed by atoms with van der Waals surface area (Å²) < 4.78 is 0. The molecule has 88 valence electrons. The zero-order valence-corrected chi connectivity index (χ0v) is 9.66. The van der Waals surface area contributed by atoms with E-state index in [0.29, 0.717) is 5.96 Å². The van der Waals surface area contributed by atoms with Gasteiger partial charge in [-0.1, -0.05) is 6.92 Å². The third-order valence-corrected chi connectivity index (χ3v) is 2.40. The highest BCUT2D eigenvalue weighted by Gasteiger charge is 2.14. The van der Waals surface area contributed by atoms with Crippen LogP contribution in [0.2, 0.25) is 0 Å². The van der Waals surface area contributed by atoms with Crippen LogP contribution in [0.1, 0.15) is 13.3 Å². The Bertz CT molecular complexity index is 197. The second-order valence-electron chi connectivity index (χ2n) is 3.78. The van der Waals surface area contributed by atoms with Crippen LogP contribution in [0.25, 0.3) is 0 Å². The van der Waals surface area contributed by atoms with E-state index in [1.54, 1.807) is 0 Å². The number of rotatable bonds is 3. The van der Waals surface area contributed by atoms with Crippen LogP contribution in [-0.2, 0) is 0 Å². The lowest BCUT2D eigenvalue weighted by molar-refractivity contribution is 0.129. The molecule has 1 aliphatic heterocycles. The number of hydrazine groups is 2. The van der Waals surface area contributed by atoms with Gasteiger partial charge in [0.25, 0.3) is 0 Å². The van der Waals surface area contributed by atoms with Gasteiger partial charge in [-0.05, 0) is 13.5 Å². The summed E-state index contributed by atoms with van der Waals surface area (Å²) in [5.74, 6) is 6.03. The summed E-state index contributed by atoms with van der Waals surface area (Å²) in [4.78, 5) is 6.59. The van der Waals surface area contributed by atoms with Crippen molar-refractivity contribution in [2.45, 2.75) is 13.3 Å². The van der Waals surface area contributed by atoms with E-state index in [2.05, 4.69) is 39.7 Å². The minimum Gasteiger partial charge on any atom is -0.304 e. The van der Waals surface area contributed by atoms with Crippen molar-refractivity contribution in [3.05, 3.63) is 0 Å². The molecule has 0 aromatic rings. The molecule has 0 aromatic heterocycles. The first-order valence-electron chi connectivity index (χ1n) is 5.47. The quantitative estimate of drug-likeness (QED) is 0.242. The van der Waals surface area contributed by atoms with Crippen molar-refractivity contribution in [2.75, 3.05) is 39.8 Å². The van der Waals surface area contributed by atoms with E-state index in [4.69, 9.17) is 5.84 Å². The molecule has 4 N–H and O–H groups in total. The molecule has 0 bridgehead atoms. The third kappa shape index (κ3) is 4.46. The van der Waals surface area contributed by atoms with E-state index in [1.807, 2.05) is 0 Å². The summed E-state index contributed by atoms with van der Waals surface area (Å²) in [5, 5.41) is 2.13. The van der Waals surface area contributed by atoms with Gasteiger partial charge in [-0.3, -0.25) is 15.8 Å². The van der Waals surface area contributed by atoms with Gasteiger partial charge in [-0.15, -0.1) is 0 Å². The number of aliphatic imine (C=N–C) groups is 1. The van der Waals surface area contributed by atoms with Crippen LogP contribution in [0.4, 0.5) is 0 Å². The number of hydrogen-bond acceptors (Lipinski definition) is 4. The van der Waals surface area contributed by atoms with Gasteiger partial charge in [-0.2, -0.15) is 0 Å². The molecule has 0 unspecified atom stereocenters. The zero-order valence-electron chi connectivity index (χ0n) is 9.66. The van der Waals surface area contributed by atoms with Crippen LogP contribution in [0.15, 0.2) is 4.99 Å². The molecule has 1 saturated heterocycles. The summed E-state index contributed by atoms with van der Waals surface area (Å²) in [5.41, 5.74) is 5.76. The zero-order chi connectivity index (χ0) is 11.1. The molecule has 0 atom stereocenters. The average Bonchev–Trinajstić information content (AvgIpc) is 2.27. The van der Waals surface area contributed by atoms with Gasteiger partial charge in [-0.25, -0.2) is 10.9 Å². The second-order valence-corrected chi connectivity index (χ2v) is 3.78. The Balaban J connectivity index is 2.32. The molecule has 0 aromatic carbocycles. The van der Waals surface area contributed by atoms with Crippen molar-refractivity contribution in [3.63, 3.8) is 0 Å². The van der Waals surface area contributed by atoms with E-state index in [-0.39, 0.29) is 0 Å². The first kappa shape index (κ1) is 12.2. The number of nitrogens with one attached hydrogen (secondary N) is 2. The first-order chi connectivity index (χ1) is 7.26. The fraction of sp³-hybridized carbons (Fsp3) is 0.889. The molecule has 6 heteroatoms. The van der Waals surface area contributed by atoms with Crippen molar-refractivity contribution < 1.29 is 0 Å². The summed E-state index contributed by atoms with van der Waals surface area (Å²) >= 11 is 0. The van der Waals surface area contributed by atoms with Gasteiger partial charge in [0, 0.05) is 32.7 Å². The molecule has 1 aliphatic rings. The van der Waals surface area contributed by atoms with E-state index in [1.165, 1.54) is 0 Å². The molecular formula is C9H22N6. The van der Waals surface area contributed by atoms with Gasteiger partial charge < -0.3 is 4.90 Å². The Kier molecular flexibility index (Phi) is 5.38. The van der Waals surface area contributed by atoms with Gasteiger partial charge >= 0.3 is 0 Å². The fourth-order valence-corrected chi connectivity index (χ4v) is 1.40. The summed E-state index contributed by atoms with van der Waals surface area (Å²) in [7, 11) is 2.13. The van der Waals surface area contributed by atoms with Crippen molar-refractivity contribution >= 4 is 5.96 Å². The van der Waals surface area contributed by atoms with Crippen LogP contribution >= 0.6 is 0 Å². The summed E-state index contributed by atoms with van der Waals surface area (Å²) in [6, 6.07) is 0. The maximum Gasteiger partial charge on any atom is 0.220 e. The monoisotopic (exact) mass is 214 g/mol. The maximum absolute atomic E-state index is 5.38. The molecular weight excluding hydrogens is 192 g/mol. The third-order valence-electron chi connectivity index (χ3n) is 2.40. The summed E-state index contributed by atoms with van der Waals surface area (Å²) in [6.07, 6.45) is 1.02. The molecule has 0 amide bonds. The molecule has 1 fully saturated rings. The number of guanidine groups is 1. The second kappa shape index (κ2) is 6.60. The molecule has 6 nitrogen and oxygen atoms in total. The number of likely N-dealkylation sites (N-methyl/N-ethyl adjacent to an activating group) is 1. The van der Waals surface area contributed by atoms with E-state index >= 15 is 0 Å². The topological polar surface area (TPSA) is 68.9 Å². The van der Waals surface area contributed by atoms with Crippen LogP contribution in [0.5, 0.6) is 0 Å². The van der Waals surface area contributed by atoms with Gasteiger partial charge in [0.05, 0.1) is 0 Å². The van der Waals surface area contributed by atoms with Crippen LogP contribution in [-0.4, -0.2) is 55.6 Å². The number of hydrogen-bond donors (Lipinski definition) is 3. The lowest BCUT2D eigenvalue weighted by atomic mass is 10.4. The Labute approximate surface area is 91.4 Å². The van der Waals surface area contributed by atoms with E-state index in [0.717, 1.165) is 39.1 Å². The lowest BCUT2D eigenvalue weighted by Crippen LogP contribution is -2.56. The highest BCUT2D eigenvalue weighted by atomic mass is 15.6. The highest BCUT2D eigenvalue weighted by Crippen LogP contribution is 1.94. The smallest absolute Gasteiger partial charge is 0.220 e. The van der Waals surface area contributed by atoms with Crippen LogP contribution in [0.3, 0.4) is 0 Å². The summed E-state index contributed by atoms with van der Waals surface area (Å²) in [6.45, 7) is 7.00. The number of nitrogens with two attached hydrogens (primary N) is 1. The molecule has 0 aliphatic carbocycles. The molecule has 1 heterocycles. The van der Waals surface area contributed by atoms with E-state index in [9.17, 15) is 0 Å².